The van der Waals surface area contributed by atoms with Crippen LogP contribution >= 0.6 is 0 Å². The van der Waals surface area contributed by atoms with Gasteiger partial charge in [0.1, 0.15) is 5.60 Å². The molecule has 1 aliphatic rings. The summed E-state index contributed by atoms with van der Waals surface area (Å²) in [5.41, 5.74) is -0.318. The lowest BCUT2D eigenvalue weighted by Crippen LogP contribution is -2.33. The van der Waals surface area contributed by atoms with Crippen molar-refractivity contribution in [3.05, 3.63) is 0 Å². The van der Waals surface area contributed by atoms with Crippen molar-refractivity contribution in [2.75, 3.05) is 13.6 Å². The van der Waals surface area contributed by atoms with Crippen molar-refractivity contribution >= 4 is 6.47 Å². The molecule has 0 aromatic heterocycles. The second kappa shape index (κ2) is 10.6. The number of nitrogens with zero attached hydrogens (tertiary/aromatic N) is 1. The van der Waals surface area contributed by atoms with Crippen molar-refractivity contribution in [1.29, 1.82) is 0 Å². The van der Waals surface area contributed by atoms with E-state index in [0.29, 0.717) is 6.47 Å². The molecule has 1 heterocycles. The summed E-state index contributed by atoms with van der Waals surface area (Å²) < 4.78 is 4.55. The van der Waals surface area contributed by atoms with Crippen molar-refractivity contribution in [2.24, 2.45) is 0 Å². The second-order valence-electron chi connectivity index (χ2n) is 5.15. The van der Waals surface area contributed by atoms with Gasteiger partial charge >= 0.3 is 0 Å². The summed E-state index contributed by atoms with van der Waals surface area (Å²) >= 11 is 0. The van der Waals surface area contributed by atoms with Crippen LogP contribution in [0.3, 0.4) is 0 Å². The van der Waals surface area contributed by atoms with Crippen LogP contribution in [0, 0.1) is 0 Å². The van der Waals surface area contributed by atoms with E-state index in [2.05, 4.69) is 23.6 Å². The number of likely N-dealkylation sites (tertiary alicyclic amines) is 1. The minimum Gasteiger partial charge on any atom is -0.462 e. The fourth-order valence-electron chi connectivity index (χ4n) is 1.39. The minimum absolute atomic E-state index is 0.318. The Hall–Kier alpha value is -0.570. The number of carbonyl (C=O) groups excluding carboxylic acids is 1. The zero-order chi connectivity index (χ0) is 13.9. The highest BCUT2D eigenvalue weighted by Crippen LogP contribution is 2.13. The zero-order valence-corrected chi connectivity index (χ0v) is 12.7. The summed E-state index contributed by atoms with van der Waals surface area (Å²) in [5.74, 6) is 0. The lowest BCUT2D eigenvalue weighted by molar-refractivity contribution is -0.138. The van der Waals surface area contributed by atoms with E-state index in [1.807, 2.05) is 34.6 Å². The number of piperidine rings is 1. The summed E-state index contributed by atoms with van der Waals surface area (Å²) in [4.78, 5) is 12.0. The van der Waals surface area contributed by atoms with Crippen molar-refractivity contribution in [2.45, 2.75) is 72.4 Å². The van der Waals surface area contributed by atoms with Crippen LogP contribution in [0.4, 0.5) is 0 Å². The Labute approximate surface area is 108 Å². The quantitative estimate of drug-likeness (QED) is 0.662. The van der Waals surface area contributed by atoms with Gasteiger partial charge in [0.2, 0.25) is 0 Å². The molecule has 0 spiro atoms. The molecule has 0 aliphatic carbocycles. The number of hydrogen-bond acceptors (Lipinski definition) is 3. The van der Waals surface area contributed by atoms with E-state index in [1.165, 1.54) is 25.8 Å². The van der Waals surface area contributed by atoms with Crippen molar-refractivity contribution in [1.82, 2.24) is 4.90 Å². The highest BCUT2D eigenvalue weighted by molar-refractivity contribution is 5.37. The number of carbonyl (C=O) groups is 1. The lowest BCUT2D eigenvalue weighted by atomic mass is 10.1. The van der Waals surface area contributed by atoms with Gasteiger partial charge in [0.05, 0.1) is 0 Å². The third kappa shape index (κ3) is 13.4. The predicted octanol–water partition coefficient (Wildman–Crippen LogP) is 3.47. The van der Waals surface area contributed by atoms with Gasteiger partial charge in [0.15, 0.2) is 0 Å². The molecule has 0 saturated carbocycles. The third-order valence-corrected chi connectivity index (χ3v) is 2.54. The molecule has 1 fully saturated rings. The second-order valence-corrected chi connectivity index (χ2v) is 5.15. The normalized spacial score (nSPS) is 20.3. The van der Waals surface area contributed by atoms with Crippen LogP contribution in [-0.4, -0.2) is 36.6 Å². The zero-order valence-electron chi connectivity index (χ0n) is 12.7. The first kappa shape index (κ1) is 18.8. The molecule has 0 amide bonds. The van der Waals surface area contributed by atoms with Gasteiger partial charge in [-0.05, 0) is 54.1 Å². The van der Waals surface area contributed by atoms with Crippen LogP contribution in [0.1, 0.15) is 60.8 Å². The van der Waals surface area contributed by atoms with Crippen LogP contribution < -0.4 is 0 Å². The summed E-state index contributed by atoms with van der Waals surface area (Å²) in [6.45, 7) is 13.5. The Balaban J connectivity index is 0. The SMILES string of the molecule is CC.CC(C)(C)OC=O.CC1CCCCN1C. The lowest BCUT2D eigenvalue weighted by Gasteiger charge is -2.29. The maximum absolute atomic E-state index is 9.60. The van der Waals surface area contributed by atoms with Crippen LogP contribution in [-0.2, 0) is 9.53 Å². The number of hydrogen-bond donors (Lipinski definition) is 0. The molecule has 0 bridgehead atoms. The predicted molar refractivity (Wildman–Crippen MR) is 74.2 cm³/mol. The maximum Gasteiger partial charge on any atom is 0.293 e. The highest BCUT2D eigenvalue weighted by atomic mass is 16.5. The van der Waals surface area contributed by atoms with E-state index in [1.54, 1.807) is 0 Å². The smallest absolute Gasteiger partial charge is 0.293 e. The largest absolute Gasteiger partial charge is 0.462 e. The Morgan fingerprint density at radius 2 is 1.76 bits per heavy atom. The van der Waals surface area contributed by atoms with Crippen molar-refractivity contribution < 1.29 is 9.53 Å². The molecular formula is C14H31NO2. The Kier molecular flexibility index (Phi) is 11.7. The Morgan fingerprint density at radius 1 is 1.24 bits per heavy atom. The topological polar surface area (TPSA) is 29.5 Å². The van der Waals surface area contributed by atoms with E-state index in [-0.39, 0.29) is 5.60 Å². The van der Waals surface area contributed by atoms with E-state index in [0.717, 1.165) is 6.04 Å². The molecule has 1 saturated heterocycles. The summed E-state index contributed by atoms with van der Waals surface area (Å²) in [6, 6.07) is 0.837. The van der Waals surface area contributed by atoms with Crippen molar-refractivity contribution in [3.8, 4) is 0 Å². The summed E-state index contributed by atoms with van der Waals surface area (Å²) in [6.07, 6.45) is 4.24. The molecule has 0 aromatic carbocycles. The van der Waals surface area contributed by atoms with Gasteiger partial charge in [-0.1, -0.05) is 20.3 Å². The Bertz CT molecular complexity index is 166. The molecule has 3 nitrogen and oxygen atoms in total. The fraction of sp³-hybridized carbons (Fsp3) is 0.929. The van der Waals surface area contributed by atoms with Gasteiger partial charge in [0.25, 0.3) is 6.47 Å². The van der Waals surface area contributed by atoms with Gasteiger partial charge in [-0.3, -0.25) is 4.79 Å². The molecule has 0 radical (unpaired) electrons. The molecular weight excluding hydrogens is 214 g/mol. The molecule has 1 rings (SSSR count). The number of rotatable bonds is 1. The highest BCUT2D eigenvalue weighted by Gasteiger charge is 2.12. The molecule has 104 valence electrons. The molecule has 0 N–H and O–H groups in total. The van der Waals surface area contributed by atoms with Gasteiger partial charge in [-0.2, -0.15) is 0 Å². The maximum atomic E-state index is 9.60. The fourth-order valence-corrected chi connectivity index (χ4v) is 1.39. The van der Waals surface area contributed by atoms with Crippen LogP contribution in [0.5, 0.6) is 0 Å². The Morgan fingerprint density at radius 3 is 1.94 bits per heavy atom. The molecule has 1 atom stereocenters. The van der Waals surface area contributed by atoms with Gasteiger partial charge in [0, 0.05) is 6.04 Å². The third-order valence-electron chi connectivity index (χ3n) is 2.54. The first-order valence-corrected chi connectivity index (χ1v) is 6.68. The van der Waals surface area contributed by atoms with E-state index in [9.17, 15) is 4.79 Å². The van der Waals surface area contributed by atoms with Crippen LogP contribution in [0.25, 0.3) is 0 Å². The first-order chi connectivity index (χ1) is 7.87. The average Bonchev–Trinajstić information content (AvgIpc) is 2.25. The summed E-state index contributed by atoms with van der Waals surface area (Å²) in [5, 5.41) is 0. The first-order valence-electron chi connectivity index (χ1n) is 6.68. The molecule has 17 heavy (non-hydrogen) atoms. The van der Waals surface area contributed by atoms with E-state index < -0.39 is 0 Å². The van der Waals surface area contributed by atoms with Crippen LogP contribution in [0.2, 0.25) is 0 Å². The minimum atomic E-state index is -0.318. The number of ether oxygens (including phenoxy) is 1. The molecule has 3 heteroatoms. The van der Waals surface area contributed by atoms with Crippen LogP contribution in [0.15, 0.2) is 0 Å². The van der Waals surface area contributed by atoms with E-state index in [4.69, 9.17) is 0 Å². The van der Waals surface area contributed by atoms with Gasteiger partial charge < -0.3 is 9.64 Å². The van der Waals surface area contributed by atoms with E-state index >= 15 is 0 Å². The molecule has 1 unspecified atom stereocenters. The monoisotopic (exact) mass is 245 g/mol. The van der Waals surface area contributed by atoms with Gasteiger partial charge in [-0.15, -0.1) is 0 Å². The van der Waals surface area contributed by atoms with Gasteiger partial charge in [-0.25, -0.2) is 0 Å². The summed E-state index contributed by atoms with van der Waals surface area (Å²) in [7, 11) is 2.21. The average molecular weight is 245 g/mol. The standard InChI is InChI=1S/C7H15N.C5H10O2.C2H6/c1-7-5-3-4-6-8(7)2;1-5(2,3)7-4-6;1-2/h7H,3-6H2,1-2H3;4H,1-3H3;1-2H3. The molecule has 0 aromatic rings. The van der Waals surface area contributed by atoms with Crippen molar-refractivity contribution in [3.63, 3.8) is 0 Å². The molecule has 1 aliphatic heterocycles.